The van der Waals surface area contributed by atoms with Crippen molar-refractivity contribution in [2.45, 2.75) is 90.9 Å². The summed E-state index contributed by atoms with van der Waals surface area (Å²) in [6, 6.07) is 0. The minimum absolute atomic E-state index is 0.0201. The van der Waals surface area contributed by atoms with Crippen LogP contribution in [0.15, 0.2) is 0 Å². The van der Waals surface area contributed by atoms with Crippen molar-refractivity contribution in [3.63, 3.8) is 0 Å². The second-order valence-corrected chi connectivity index (χ2v) is 7.59. The lowest BCUT2D eigenvalue weighted by Gasteiger charge is -2.34. The highest BCUT2D eigenvalue weighted by atomic mass is 16.4. The van der Waals surface area contributed by atoms with Crippen molar-refractivity contribution >= 4 is 11.9 Å². The number of carboxylic acids is 2. The third kappa shape index (κ3) is 6.82. The standard InChI is InChI=1S/C20H36O4/c1-3-5-7-10-15-11-9-13-16(12-8-6-4-2)18(20(23)24)17(14-15)19(21)22/h15-18H,3-14H2,1-2H3,(H,21,22)(H,23,24). The van der Waals surface area contributed by atoms with Crippen LogP contribution in [0.25, 0.3) is 0 Å². The van der Waals surface area contributed by atoms with Crippen molar-refractivity contribution in [2.75, 3.05) is 0 Å². The van der Waals surface area contributed by atoms with E-state index in [0.29, 0.717) is 12.3 Å². The van der Waals surface area contributed by atoms with Gasteiger partial charge in [0.2, 0.25) is 0 Å². The number of hydrogen-bond acceptors (Lipinski definition) is 2. The van der Waals surface area contributed by atoms with Gasteiger partial charge in [0.1, 0.15) is 0 Å². The van der Waals surface area contributed by atoms with Gasteiger partial charge in [-0.3, -0.25) is 9.59 Å². The molecule has 0 radical (unpaired) electrons. The van der Waals surface area contributed by atoms with Gasteiger partial charge in [0.05, 0.1) is 11.8 Å². The van der Waals surface area contributed by atoms with E-state index in [-0.39, 0.29) is 5.92 Å². The maximum Gasteiger partial charge on any atom is 0.307 e. The molecule has 0 bridgehead atoms. The number of aliphatic carboxylic acids is 2. The highest BCUT2D eigenvalue weighted by Crippen LogP contribution is 2.39. The molecule has 0 saturated heterocycles. The predicted octanol–water partition coefficient (Wildman–Crippen LogP) is 5.36. The molecule has 4 atom stereocenters. The lowest BCUT2D eigenvalue weighted by molar-refractivity contribution is -0.158. The fourth-order valence-corrected chi connectivity index (χ4v) is 4.35. The molecule has 4 unspecified atom stereocenters. The summed E-state index contributed by atoms with van der Waals surface area (Å²) in [7, 11) is 0. The molecule has 0 amide bonds. The molecule has 140 valence electrons. The van der Waals surface area contributed by atoms with Gasteiger partial charge < -0.3 is 10.2 Å². The molecule has 0 aromatic carbocycles. The van der Waals surface area contributed by atoms with Crippen LogP contribution in [0.4, 0.5) is 0 Å². The van der Waals surface area contributed by atoms with E-state index in [1.165, 1.54) is 6.42 Å². The Hall–Kier alpha value is -1.06. The average Bonchev–Trinajstić information content (AvgIpc) is 2.50. The quantitative estimate of drug-likeness (QED) is 0.525. The lowest BCUT2D eigenvalue weighted by Crippen LogP contribution is -2.38. The summed E-state index contributed by atoms with van der Waals surface area (Å²) in [4.78, 5) is 23.7. The Bertz CT molecular complexity index is 380. The first-order chi connectivity index (χ1) is 11.5. The molecule has 1 saturated carbocycles. The van der Waals surface area contributed by atoms with Crippen molar-refractivity contribution in [3.05, 3.63) is 0 Å². The van der Waals surface area contributed by atoms with Crippen molar-refractivity contribution in [2.24, 2.45) is 23.7 Å². The molecule has 0 aliphatic heterocycles. The van der Waals surface area contributed by atoms with Gasteiger partial charge in [-0.2, -0.15) is 0 Å². The first-order valence-corrected chi connectivity index (χ1v) is 9.96. The first kappa shape index (κ1) is 21.0. The largest absolute Gasteiger partial charge is 0.481 e. The van der Waals surface area contributed by atoms with E-state index in [9.17, 15) is 19.8 Å². The van der Waals surface area contributed by atoms with Crippen LogP contribution in [-0.4, -0.2) is 22.2 Å². The Balaban J connectivity index is 2.83. The van der Waals surface area contributed by atoms with E-state index in [4.69, 9.17) is 0 Å². The highest BCUT2D eigenvalue weighted by Gasteiger charge is 2.41. The molecule has 1 fully saturated rings. The second kappa shape index (κ2) is 11.5. The van der Waals surface area contributed by atoms with Crippen LogP contribution in [0.2, 0.25) is 0 Å². The molecule has 1 aliphatic carbocycles. The molecule has 0 aromatic heterocycles. The number of carboxylic acid groups (broad SMARTS) is 2. The molecule has 0 heterocycles. The number of unbranched alkanes of at least 4 members (excludes halogenated alkanes) is 4. The van der Waals surface area contributed by atoms with Crippen LogP contribution < -0.4 is 0 Å². The normalized spacial score (nSPS) is 28.1. The van der Waals surface area contributed by atoms with Gasteiger partial charge in [-0.25, -0.2) is 0 Å². The van der Waals surface area contributed by atoms with Crippen molar-refractivity contribution < 1.29 is 19.8 Å². The summed E-state index contributed by atoms with van der Waals surface area (Å²) in [6.45, 7) is 4.30. The average molecular weight is 341 g/mol. The zero-order valence-corrected chi connectivity index (χ0v) is 15.5. The Labute approximate surface area is 147 Å². The maximum atomic E-state index is 11.9. The van der Waals surface area contributed by atoms with Gasteiger partial charge in [0.25, 0.3) is 0 Å². The van der Waals surface area contributed by atoms with Gasteiger partial charge >= 0.3 is 11.9 Å². The third-order valence-electron chi connectivity index (χ3n) is 5.71. The Morgan fingerprint density at radius 1 is 0.875 bits per heavy atom. The summed E-state index contributed by atoms with van der Waals surface area (Å²) in [5, 5.41) is 19.4. The van der Waals surface area contributed by atoms with E-state index in [2.05, 4.69) is 13.8 Å². The van der Waals surface area contributed by atoms with Gasteiger partial charge in [0, 0.05) is 0 Å². The van der Waals surface area contributed by atoms with Crippen molar-refractivity contribution in [3.8, 4) is 0 Å². The first-order valence-electron chi connectivity index (χ1n) is 9.96. The topological polar surface area (TPSA) is 74.6 Å². The molecule has 4 nitrogen and oxygen atoms in total. The maximum absolute atomic E-state index is 11.9. The molecule has 2 N–H and O–H groups in total. The van der Waals surface area contributed by atoms with Crippen molar-refractivity contribution in [1.82, 2.24) is 0 Å². The van der Waals surface area contributed by atoms with Crippen molar-refractivity contribution in [1.29, 1.82) is 0 Å². The van der Waals surface area contributed by atoms with Gasteiger partial charge in [-0.1, -0.05) is 71.6 Å². The minimum atomic E-state index is -0.912. The SMILES string of the molecule is CCCCCC1CCCC(CCCCC)C(C(=O)O)C(C(=O)O)C1. The Kier molecular flexibility index (Phi) is 10.0. The van der Waals surface area contributed by atoms with Crippen LogP contribution in [-0.2, 0) is 9.59 Å². The van der Waals surface area contributed by atoms with Gasteiger partial charge in [0.15, 0.2) is 0 Å². The fourth-order valence-electron chi connectivity index (χ4n) is 4.35. The zero-order chi connectivity index (χ0) is 17.9. The Morgan fingerprint density at radius 3 is 2.04 bits per heavy atom. The summed E-state index contributed by atoms with van der Waals surface area (Å²) >= 11 is 0. The van der Waals surface area contributed by atoms with Crippen LogP contribution >= 0.6 is 0 Å². The second-order valence-electron chi connectivity index (χ2n) is 7.59. The van der Waals surface area contributed by atoms with Crippen LogP contribution in [0, 0.1) is 23.7 Å². The van der Waals surface area contributed by atoms with E-state index < -0.39 is 23.8 Å². The monoisotopic (exact) mass is 340 g/mol. The van der Waals surface area contributed by atoms with E-state index in [1.54, 1.807) is 0 Å². The summed E-state index contributed by atoms with van der Waals surface area (Å²) in [5.41, 5.74) is 0. The third-order valence-corrected chi connectivity index (χ3v) is 5.71. The van der Waals surface area contributed by atoms with Crippen LogP contribution in [0.3, 0.4) is 0 Å². The van der Waals surface area contributed by atoms with Crippen LogP contribution in [0.1, 0.15) is 90.9 Å². The summed E-state index contributed by atoms with van der Waals surface area (Å²) in [5.74, 6) is -2.86. The smallest absolute Gasteiger partial charge is 0.307 e. The lowest BCUT2D eigenvalue weighted by atomic mass is 9.69. The molecule has 0 spiro atoms. The molecule has 4 heteroatoms. The number of hydrogen-bond donors (Lipinski definition) is 2. The van der Waals surface area contributed by atoms with E-state index in [1.807, 2.05) is 0 Å². The molecular weight excluding hydrogens is 304 g/mol. The zero-order valence-electron chi connectivity index (χ0n) is 15.5. The molecule has 24 heavy (non-hydrogen) atoms. The van der Waals surface area contributed by atoms with Crippen LogP contribution in [0.5, 0.6) is 0 Å². The minimum Gasteiger partial charge on any atom is -0.481 e. The number of rotatable bonds is 10. The fraction of sp³-hybridized carbons (Fsp3) is 0.900. The summed E-state index contributed by atoms with van der Waals surface area (Å²) < 4.78 is 0. The molecule has 1 rings (SSSR count). The molecule has 0 aromatic rings. The Morgan fingerprint density at radius 2 is 1.50 bits per heavy atom. The molecular formula is C20H36O4. The predicted molar refractivity (Wildman–Crippen MR) is 96.0 cm³/mol. The highest BCUT2D eigenvalue weighted by molar-refractivity contribution is 5.80. The van der Waals surface area contributed by atoms with E-state index >= 15 is 0 Å². The molecule has 1 aliphatic rings. The summed E-state index contributed by atoms with van der Waals surface area (Å²) in [6.07, 6.45) is 12.1. The number of carbonyl (C=O) groups is 2. The van der Waals surface area contributed by atoms with E-state index in [0.717, 1.165) is 64.2 Å². The van der Waals surface area contributed by atoms with Gasteiger partial charge in [-0.05, 0) is 31.1 Å². The van der Waals surface area contributed by atoms with Gasteiger partial charge in [-0.15, -0.1) is 0 Å².